The third kappa shape index (κ3) is 3.81. The van der Waals surface area contributed by atoms with Crippen LogP contribution in [0.5, 0.6) is 0 Å². The van der Waals surface area contributed by atoms with E-state index in [1.54, 1.807) is 12.1 Å². The fourth-order valence-corrected chi connectivity index (χ4v) is 2.66. The van der Waals surface area contributed by atoms with Crippen LogP contribution >= 0.6 is 11.6 Å². The van der Waals surface area contributed by atoms with Gasteiger partial charge >= 0.3 is 0 Å². The van der Waals surface area contributed by atoms with Crippen LogP contribution in [0.2, 0.25) is 5.02 Å². The number of benzene rings is 1. The zero-order chi connectivity index (χ0) is 11.3. The molecular formula is C10H13ClO3S. The van der Waals surface area contributed by atoms with E-state index in [2.05, 4.69) is 0 Å². The van der Waals surface area contributed by atoms with Crippen LogP contribution in [-0.4, -0.2) is 25.9 Å². The first-order valence-corrected chi connectivity index (χ1v) is 6.68. The highest BCUT2D eigenvalue weighted by Gasteiger charge is 2.13. The fraction of sp³-hybridized carbons (Fsp3) is 0.400. The van der Waals surface area contributed by atoms with E-state index in [1.807, 2.05) is 0 Å². The number of aliphatic hydroxyl groups is 1. The number of rotatable bonds is 5. The molecule has 0 fully saturated rings. The minimum absolute atomic E-state index is 0.0239. The van der Waals surface area contributed by atoms with Gasteiger partial charge in [0.25, 0.3) is 0 Å². The number of sulfone groups is 1. The Hall–Kier alpha value is -0.580. The first-order valence-electron chi connectivity index (χ1n) is 4.65. The van der Waals surface area contributed by atoms with Gasteiger partial charge in [-0.2, -0.15) is 0 Å². The summed E-state index contributed by atoms with van der Waals surface area (Å²) in [7, 11) is -3.22. The summed E-state index contributed by atoms with van der Waals surface area (Å²) in [6.45, 7) is 0.0239. The van der Waals surface area contributed by atoms with Crippen molar-refractivity contribution in [1.29, 1.82) is 0 Å². The summed E-state index contributed by atoms with van der Waals surface area (Å²) >= 11 is 5.66. The molecule has 0 unspecified atom stereocenters. The molecule has 0 aliphatic rings. The summed E-state index contributed by atoms with van der Waals surface area (Å²) in [5, 5.41) is 9.08. The molecule has 0 spiro atoms. The Morgan fingerprint density at radius 3 is 2.27 bits per heavy atom. The standard InChI is InChI=1S/C10H13ClO3S/c11-9-3-5-10(6-4-9)15(13,14)8-2-1-7-12/h3-6,12H,1-2,7-8H2. The topological polar surface area (TPSA) is 54.4 Å². The lowest BCUT2D eigenvalue weighted by Gasteiger charge is -2.03. The van der Waals surface area contributed by atoms with E-state index in [9.17, 15) is 8.42 Å². The summed E-state index contributed by atoms with van der Waals surface area (Å²) in [5.41, 5.74) is 0. The first kappa shape index (κ1) is 12.5. The van der Waals surface area contributed by atoms with E-state index in [4.69, 9.17) is 16.7 Å². The van der Waals surface area contributed by atoms with Crippen molar-refractivity contribution in [2.45, 2.75) is 17.7 Å². The Morgan fingerprint density at radius 1 is 1.13 bits per heavy atom. The molecule has 0 radical (unpaired) electrons. The Labute approximate surface area is 94.6 Å². The van der Waals surface area contributed by atoms with Crippen LogP contribution < -0.4 is 0 Å². The average molecular weight is 249 g/mol. The van der Waals surface area contributed by atoms with Crippen LogP contribution in [0.15, 0.2) is 29.2 Å². The minimum atomic E-state index is -3.22. The molecule has 0 saturated heterocycles. The van der Waals surface area contributed by atoms with E-state index in [-0.39, 0.29) is 17.3 Å². The quantitative estimate of drug-likeness (QED) is 0.810. The molecule has 84 valence electrons. The molecule has 0 saturated carbocycles. The van der Waals surface area contributed by atoms with Crippen LogP contribution in [0.3, 0.4) is 0 Å². The Morgan fingerprint density at radius 2 is 1.73 bits per heavy atom. The normalized spacial score (nSPS) is 11.6. The van der Waals surface area contributed by atoms with Gasteiger partial charge in [-0.05, 0) is 37.1 Å². The maximum atomic E-state index is 11.7. The van der Waals surface area contributed by atoms with Crippen LogP contribution in [0.1, 0.15) is 12.8 Å². The SMILES string of the molecule is O=S(=O)(CCCCO)c1ccc(Cl)cc1. The highest BCUT2D eigenvalue weighted by atomic mass is 35.5. The maximum absolute atomic E-state index is 11.7. The number of hydrogen-bond acceptors (Lipinski definition) is 3. The van der Waals surface area contributed by atoms with Crippen LogP contribution in [0.25, 0.3) is 0 Å². The minimum Gasteiger partial charge on any atom is -0.396 e. The molecule has 1 N–H and O–H groups in total. The number of halogens is 1. The molecule has 0 atom stereocenters. The monoisotopic (exact) mass is 248 g/mol. The highest BCUT2D eigenvalue weighted by Crippen LogP contribution is 2.16. The van der Waals surface area contributed by atoms with Gasteiger partial charge in [-0.15, -0.1) is 0 Å². The van der Waals surface area contributed by atoms with Gasteiger partial charge in [0.1, 0.15) is 0 Å². The molecule has 1 aromatic rings. The van der Waals surface area contributed by atoms with E-state index >= 15 is 0 Å². The molecule has 1 rings (SSSR count). The second-order valence-corrected chi connectivity index (χ2v) is 5.75. The number of unbranched alkanes of at least 4 members (excludes halogenated alkanes) is 1. The van der Waals surface area contributed by atoms with Crippen molar-refractivity contribution in [3.05, 3.63) is 29.3 Å². The summed E-state index contributed by atoms with van der Waals surface area (Å²) in [6.07, 6.45) is 0.980. The Kier molecular flexibility index (Phi) is 4.57. The molecule has 0 aliphatic heterocycles. The van der Waals surface area contributed by atoms with E-state index in [0.717, 1.165) is 0 Å². The molecule has 1 aromatic carbocycles. The van der Waals surface area contributed by atoms with Gasteiger partial charge in [-0.25, -0.2) is 8.42 Å². The largest absolute Gasteiger partial charge is 0.396 e. The van der Waals surface area contributed by atoms with Crippen molar-refractivity contribution in [1.82, 2.24) is 0 Å². The van der Waals surface area contributed by atoms with Gasteiger partial charge in [0.2, 0.25) is 0 Å². The molecule has 5 heteroatoms. The van der Waals surface area contributed by atoms with Crippen LogP contribution in [0.4, 0.5) is 0 Å². The van der Waals surface area contributed by atoms with Crippen molar-refractivity contribution in [2.24, 2.45) is 0 Å². The second kappa shape index (κ2) is 5.49. The molecule has 3 nitrogen and oxygen atoms in total. The van der Waals surface area contributed by atoms with Crippen molar-refractivity contribution in [3.63, 3.8) is 0 Å². The summed E-state index contributed by atoms with van der Waals surface area (Å²) in [5.74, 6) is 0.0647. The van der Waals surface area contributed by atoms with E-state index in [0.29, 0.717) is 17.9 Å². The Bertz CT molecular complexity index is 397. The Balaban J connectivity index is 2.73. The molecule has 0 heterocycles. The van der Waals surface area contributed by atoms with Crippen molar-refractivity contribution in [2.75, 3.05) is 12.4 Å². The summed E-state index contributed by atoms with van der Waals surface area (Å²) in [4.78, 5) is 0.282. The number of aliphatic hydroxyl groups excluding tert-OH is 1. The van der Waals surface area contributed by atoms with Gasteiger partial charge < -0.3 is 5.11 Å². The molecule has 0 aromatic heterocycles. The zero-order valence-corrected chi connectivity index (χ0v) is 9.76. The lowest BCUT2D eigenvalue weighted by molar-refractivity contribution is 0.287. The smallest absolute Gasteiger partial charge is 0.178 e. The second-order valence-electron chi connectivity index (χ2n) is 3.20. The zero-order valence-electron chi connectivity index (χ0n) is 8.19. The third-order valence-electron chi connectivity index (χ3n) is 1.99. The molecule has 0 aliphatic carbocycles. The summed E-state index contributed by atoms with van der Waals surface area (Å²) < 4.78 is 23.4. The maximum Gasteiger partial charge on any atom is 0.178 e. The fourth-order valence-electron chi connectivity index (χ4n) is 1.16. The van der Waals surface area contributed by atoms with Crippen molar-refractivity contribution in [3.8, 4) is 0 Å². The van der Waals surface area contributed by atoms with Gasteiger partial charge in [0.05, 0.1) is 10.6 Å². The molecule has 0 amide bonds. The summed E-state index contributed by atoms with van der Waals surface area (Å²) in [6, 6.07) is 6.11. The van der Waals surface area contributed by atoms with Gasteiger partial charge in [0, 0.05) is 11.6 Å². The van der Waals surface area contributed by atoms with E-state index < -0.39 is 9.84 Å². The third-order valence-corrected chi connectivity index (χ3v) is 4.06. The molecule has 0 bridgehead atoms. The van der Waals surface area contributed by atoms with Crippen molar-refractivity contribution < 1.29 is 13.5 Å². The highest BCUT2D eigenvalue weighted by molar-refractivity contribution is 7.91. The van der Waals surface area contributed by atoms with E-state index in [1.165, 1.54) is 12.1 Å². The van der Waals surface area contributed by atoms with Gasteiger partial charge in [0.15, 0.2) is 9.84 Å². The van der Waals surface area contributed by atoms with Crippen molar-refractivity contribution >= 4 is 21.4 Å². The lowest BCUT2D eigenvalue weighted by atomic mass is 10.4. The van der Waals surface area contributed by atoms with Crippen LogP contribution in [0, 0.1) is 0 Å². The first-order chi connectivity index (χ1) is 7.06. The lowest BCUT2D eigenvalue weighted by Crippen LogP contribution is -2.07. The molecular weight excluding hydrogens is 236 g/mol. The average Bonchev–Trinajstić information content (AvgIpc) is 2.18. The number of hydrogen-bond donors (Lipinski definition) is 1. The molecule has 15 heavy (non-hydrogen) atoms. The predicted octanol–water partition coefficient (Wildman–Crippen LogP) is 1.89. The predicted molar refractivity (Wildman–Crippen MR) is 59.8 cm³/mol. The van der Waals surface area contributed by atoms with Gasteiger partial charge in [-0.1, -0.05) is 11.6 Å². The van der Waals surface area contributed by atoms with Gasteiger partial charge in [-0.3, -0.25) is 0 Å². The van der Waals surface area contributed by atoms with Crippen LogP contribution in [-0.2, 0) is 9.84 Å².